The summed E-state index contributed by atoms with van der Waals surface area (Å²) in [5.41, 5.74) is -0.0402. The van der Waals surface area contributed by atoms with Crippen LogP contribution >= 0.6 is 0 Å². The molecule has 0 aromatic heterocycles. The van der Waals surface area contributed by atoms with E-state index in [1.54, 1.807) is 24.3 Å². The van der Waals surface area contributed by atoms with Gasteiger partial charge in [0.25, 0.3) is 11.6 Å². The summed E-state index contributed by atoms with van der Waals surface area (Å²) in [5.74, 6) is -0.128. The Hall–Kier alpha value is -3.35. The number of nitro groups is 1. The van der Waals surface area contributed by atoms with E-state index in [4.69, 9.17) is 4.74 Å². The zero-order valence-corrected chi connectivity index (χ0v) is 18.7. The molecule has 2 aromatic rings. The van der Waals surface area contributed by atoms with Crippen LogP contribution in [0.25, 0.3) is 0 Å². The van der Waals surface area contributed by atoms with Crippen molar-refractivity contribution < 1.29 is 32.6 Å². The van der Waals surface area contributed by atoms with E-state index in [9.17, 15) is 28.1 Å². The summed E-state index contributed by atoms with van der Waals surface area (Å²) >= 11 is 0. The SMILES string of the molecule is COc1cccc(N2C(=O)C[C@H]([NH+]3CCN(S(=O)(=O)c4ccccc4[N+](=O)[O-])CC3)C2=O)c1. The molecule has 2 aromatic carbocycles. The standard InChI is InChI=1S/C21H22N4O7S/c1-32-16-6-4-5-15(13-16)24-20(26)14-18(21(24)27)22-9-11-23(12-10-22)33(30,31)19-8-3-2-7-17(19)25(28)29/h2-8,13,18H,9-12,14H2,1H3/p+1/t18-/m0/s1. The summed E-state index contributed by atoms with van der Waals surface area (Å²) < 4.78 is 32.4. The molecule has 2 aliphatic heterocycles. The molecule has 0 unspecified atom stereocenters. The Balaban J connectivity index is 1.48. The van der Waals surface area contributed by atoms with Crippen molar-refractivity contribution in [3.63, 3.8) is 0 Å². The van der Waals surface area contributed by atoms with E-state index < -0.39 is 26.7 Å². The van der Waals surface area contributed by atoms with Crippen molar-refractivity contribution in [2.24, 2.45) is 0 Å². The lowest BCUT2D eigenvalue weighted by molar-refractivity contribution is -0.918. The minimum Gasteiger partial charge on any atom is -0.497 e. The highest BCUT2D eigenvalue weighted by atomic mass is 32.2. The second kappa shape index (κ2) is 8.89. The van der Waals surface area contributed by atoms with Crippen molar-refractivity contribution in [1.82, 2.24) is 4.31 Å². The summed E-state index contributed by atoms with van der Waals surface area (Å²) in [7, 11) is -2.57. The normalized spacial score (nSPS) is 20.3. The number of nitrogens with zero attached hydrogens (tertiary/aromatic N) is 3. The third kappa shape index (κ3) is 4.19. The minimum atomic E-state index is -4.07. The molecule has 174 valence electrons. The molecular weight excluding hydrogens is 452 g/mol. The van der Waals surface area contributed by atoms with Crippen LogP contribution in [0, 0.1) is 10.1 Å². The summed E-state index contributed by atoms with van der Waals surface area (Å²) in [6, 6.07) is 11.3. The highest BCUT2D eigenvalue weighted by molar-refractivity contribution is 7.89. The third-order valence-corrected chi connectivity index (χ3v) is 7.94. The van der Waals surface area contributed by atoms with Gasteiger partial charge in [0.15, 0.2) is 10.9 Å². The Morgan fingerprint density at radius 2 is 1.79 bits per heavy atom. The summed E-state index contributed by atoms with van der Waals surface area (Å²) in [4.78, 5) is 37.9. The number of methoxy groups -OCH3 is 1. The Morgan fingerprint density at radius 1 is 1.09 bits per heavy atom. The maximum atomic E-state index is 13.1. The van der Waals surface area contributed by atoms with Crippen LogP contribution in [0.4, 0.5) is 11.4 Å². The lowest BCUT2D eigenvalue weighted by Gasteiger charge is -2.33. The van der Waals surface area contributed by atoms with Crippen molar-refractivity contribution in [3.8, 4) is 5.75 Å². The number of quaternary nitrogens is 1. The third-order valence-electron chi connectivity index (χ3n) is 6.00. The number of para-hydroxylation sites is 1. The minimum absolute atomic E-state index is 0.0300. The van der Waals surface area contributed by atoms with E-state index in [0.29, 0.717) is 24.5 Å². The molecule has 1 N–H and O–H groups in total. The monoisotopic (exact) mass is 475 g/mol. The molecule has 1 atom stereocenters. The predicted molar refractivity (Wildman–Crippen MR) is 116 cm³/mol. The van der Waals surface area contributed by atoms with E-state index in [2.05, 4.69) is 0 Å². The van der Waals surface area contributed by atoms with Gasteiger partial charge in [0.2, 0.25) is 15.9 Å². The number of piperazine rings is 1. The van der Waals surface area contributed by atoms with Crippen molar-refractivity contribution >= 4 is 33.2 Å². The molecule has 4 rings (SSSR count). The zero-order chi connectivity index (χ0) is 23.8. The number of amides is 2. The Labute approximate surface area is 190 Å². The van der Waals surface area contributed by atoms with Gasteiger partial charge < -0.3 is 9.64 Å². The van der Waals surface area contributed by atoms with Crippen LogP contribution in [-0.2, 0) is 19.6 Å². The van der Waals surface area contributed by atoms with Crippen LogP contribution in [0.3, 0.4) is 0 Å². The molecule has 0 saturated carbocycles. The first-order valence-electron chi connectivity index (χ1n) is 10.3. The number of imide groups is 1. The molecule has 2 heterocycles. The highest BCUT2D eigenvalue weighted by Crippen LogP contribution is 2.27. The van der Waals surface area contributed by atoms with Crippen LogP contribution in [-0.4, -0.2) is 68.8 Å². The van der Waals surface area contributed by atoms with Gasteiger partial charge in [-0.2, -0.15) is 4.31 Å². The van der Waals surface area contributed by atoms with E-state index in [1.165, 1.54) is 29.6 Å². The van der Waals surface area contributed by atoms with Crippen molar-refractivity contribution in [2.45, 2.75) is 17.4 Å². The van der Waals surface area contributed by atoms with Crippen LogP contribution in [0.15, 0.2) is 53.4 Å². The molecule has 2 aliphatic rings. The number of nitrogens with one attached hydrogen (secondary N) is 1. The Bertz CT molecular complexity index is 1210. The van der Waals surface area contributed by atoms with Gasteiger partial charge in [0, 0.05) is 12.1 Å². The topological polar surface area (TPSA) is 132 Å². The van der Waals surface area contributed by atoms with Crippen LogP contribution in [0.1, 0.15) is 6.42 Å². The molecule has 2 saturated heterocycles. The second-order valence-corrected chi connectivity index (χ2v) is 9.72. The van der Waals surface area contributed by atoms with E-state index in [1.807, 2.05) is 0 Å². The second-order valence-electron chi connectivity index (χ2n) is 7.81. The number of ether oxygens (including phenoxy) is 1. The van der Waals surface area contributed by atoms with Crippen molar-refractivity contribution in [1.29, 1.82) is 0 Å². The maximum absolute atomic E-state index is 13.1. The van der Waals surface area contributed by atoms with Gasteiger partial charge in [-0.15, -0.1) is 0 Å². The molecule has 0 spiro atoms. The molecule has 0 radical (unpaired) electrons. The van der Waals surface area contributed by atoms with E-state index in [0.717, 1.165) is 15.9 Å². The summed E-state index contributed by atoms with van der Waals surface area (Å²) in [6.07, 6.45) is 0.0300. The number of hydrogen-bond acceptors (Lipinski definition) is 7. The van der Waals surface area contributed by atoms with Gasteiger partial charge in [0.05, 0.1) is 50.3 Å². The molecular formula is C21H23N4O7S+. The molecule has 33 heavy (non-hydrogen) atoms. The summed E-state index contributed by atoms with van der Waals surface area (Å²) in [5, 5.41) is 11.3. The fourth-order valence-electron chi connectivity index (χ4n) is 4.30. The van der Waals surface area contributed by atoms with Gasteiger partial charge in [0.1, 0.15) is 5.75 Å². The smallest absolute Gasteiger partial charge is 0.292 e. The average molecular weight is 476 g/mol. The quantitative estimate of drug-likeness (QED) is 0.348. The fourth-order valence-corrected chi connectivity index (χ4v) is 5.90. The number of anilines is 1. The molecule has 12 heteroatoms. The predicted octanol–water partition coefficient (Wildman–Crippen LogP) is -0.175. The number of benzene rings is 2. The first-order valence-corrected chi connectivity index (χ1v) is 11.8. The average Bonchev–Trinajstić information content (AvgIpc) is 3.12. The van der Waals surface area contributed by atoms with Gasteiger partial charge in [-0.05, 0) is 18.2 Å². The van der Waals surface area contributed by atoms with E-state index in [-0.39, 0.29) is 36.2 Å². The lowest BCUT2D eigenvalue weighted by atomic mass is 10.2. The number of carbonyl (C=O) groups is 2. The molecule has 2 fully saturated rings. The van der Waals surface area contributed by atoms with E-state index >= 15 is 0 Å². The Kier molecular flexibility index (Phi) is 6.15. The molecule has 11 nitrogen and oxygen atoms in total. The van der Waals surface area contributed by atoms with Crippen molar-refractivity contribution in [2.75, 3.05) is 38.2 Å². The largest absolute Gasteiger partial charge is 0.497 e. The number of hydrogen-bond donors (Lipinski definition) is 1. The van der Waals surface area contributed by atoms with Gasteiger partial charge in [-0.25, -0.2) is 13.3 Å². The Morgan fingerprint density at radius 3 is 2.45 bits per heavy atom. The van der Waals surface area contributed by atoms with Crippen LogP contribution < -0.4 is 14.5 Å². The maximum Gasteiger partial charge on any atom is 0.292 e. The van der Waals surface area contributed by atoms with Crippen LogP contribution in [0.5, 0.6) is 5.75 Å². The molecule has 0 bridgehead atoms. The first kappa shape index (κ1) is 22.8. The van der Waals surface area contributed by atoms with Gasteiger partial charge >= 0.3 is 0 Å². The van der Waals surface area contributed by atoms with Gasteiger partial charge in [-0.1, -0.05) is 18.2 Å². The number of sulfonamides is 1. The highest BCUT2D eigenvalue weighted by Gasteiger charge is 2.47. The first-order chi connectivity index (χ1) is 15.7. The summed E-state index contributed by atoms with van der Waals surface area (Å²) in [6.45, 7) is 0.771. The van der Waals surface area contributed by atoms with Crippen molar-refractivity contribution in [3.05, 3.63) is 58.6 Å². The fraction of sp³-hybridized carbons (Fsp3) is 0.333. The zero-order valence-electron chi connectivity index (χ0n) is 17.8. The van der Waals surface area contributed by atoms with Gasteiger partial charge in [-0.3, -0.25) is 19.7 Å². The molecule has 0 aliphatic carbocycles. The number of nitro benzene ring substituents is 1. The van der Waals surface area contributed by atoms with Crippen LogP contribution in [0.2, 0.25) is 0 Å². The molecule has 2 amide bonds. The number of rotatable bonds is 6. The lowest BCUT2D eigenvalue weighted by Crippen LogP contribution is -3.19. The number of carbonyl (C=O) groups excluding carboxylic acids is 2.